The van der Waals surface area contributed by atoms with Gasteiger partial charge in [0.05, 0.1) is 29.7 Å². The first-order valence-electron chi connectivity index (χ1n) is 10.00. The van der Waals surface area contributed by atoms with Crippen molar-refractivity contribution in [3.8, 4) is 5.69 Å². The van der Waals surface area contributed by atoms with Crippen LogP contribution in [0.2, 0.25) is 0 Å². The molecule has 0 saturated carbocycles. The van der Waals surface area contributed by atoms with E-state index in [2.05, 4.69) is 30.6 Å². The van der Waals surface area contributed by atoms with Crippen LogP contribution in [-0.4, -0.2) is 49.9 Å². The van der Waals surface area contributed by atoms with Gasteiger partial charge in [-0.1, -0.05) is 23.4 Å². The average Bonchev–Trinajstić information content (AvgIpc) is 3.23. The summed E-state index contributed by atoms with van der Waals surface area (Å²) < 4.78 is 7.18. The summed E-state index contributed by atoms with van der Waals surface area (Å²) in [5, 5.41) is 11.1. The van der Waals surface area contributed by atoms with E-state index < -0.39 is 5.54 Å². The second kappa shape index (κ2) is 7.82. The van der Waals surface area contributed by atoms with Crippen LogP contribution in [0.1, 0.15) is 23.1 Å². The van der Waals surface area contributed by atoms with Crippen molar-refractivity contribution in [2.75, 3.05) is 18.5 Å². The molecule has 32 heavy (non-hydrogen) atoms. The molecular formula is C22H20N8O2. The lowest BCUT2D eigenvalue weighted by molar-refractivity contribution is 0.101. The first-order chi connectivity index (χ1) is 15.5. The number of para-hydroxylation sites is 1. The molecule has 1 amide bonds. The molecule has 1 aromatic carbocycles. The first-order valence-corrected chi connectivity index (χ1v) is 10.00. The topological polar surface area (TPSA) is 133 Å². The monoisotopic (exact) mass is 428 g/mol. The maximum atomic E-state index is 12.7. The Kier molecular flexibility index (Phi) is 4.83. The molecule has 0 spiro atoms. The molecule has 5 rings (SSSR count). The summed E-state index contributed by atoms with van der Waals surface area (Å²) in [6.07, 6.45) is 1.58. The van der Waals surface area contributed by atoms with Crippen molar-refractivity contribution in [1.82, 2.24) is 25.0 Å². The summed E-state index contributed by atoms with van der Waals surface area (Å²) in [5.41, 5.74) is 8.37. The molecular weight excluding hydrogens is 408 g/mol. The maximum Gasteiger partial charge on any atom is 0.275 e. The normalized spacial score (nSPS) is 18.3. The van der Waals surface area contributed by atoms with Crippen molar-refractivity contribution < 1.29 is 9.53 Å². The molecule has 3 aromatic heterocycles. The number of fused-ring (bicyclic) bond motifs is 1. The maximum absolute atomic E-state index is 12.7. The quantitative estimate of drug-likeness (QED) is 0.508. The molecule has 10 nitrogen and oxygen atoms in total. The molecule has 0 saturated heterocycles. The lowest BCUT2D eigenvalue weighted by Gasteiger charge is -2.29. The van der Waals surface area contributed by atoms with E-state index in [1.165, 1.54) is 0 Å². The molecule has 3 N–H and O–H groups in total. The van der Waals surface area contributed by atoms with Gasteiger partial charge in [-0.05, 0) is 43.3 Å². The predicted molar refractivity (Wildman–Crippen MR) is 119 cm³/mol. The summed E-state index contributed by atoms with van der Waals surface area (Å²) in [7, 11) is 0. The Balaban J connectivity index is 1.35. The summed E-state index contributed by atoms with van der Waals surface area (Å²) in [5.74, 6) is 0.429. The molecule has 0 radical (unpaired) electrons. The van der Waals surface area contributed by atoms with Crippen molar-refractivity contribution in [2.24, 2.45) is 10.7 Å². The number of carbonyl (C=O) groups excluding carboxylic acids is 1. The van der Waals surface area contributed by atoms with Gasteiger partial charge in [0.1, 0.15) is 35.0 Å². The molecule has 1 aliphatic heterocycles. The van der Waals surface area contributed by atoms with Crippen LogP contribution in [0.15, 0.2) is 65.8 Å². The molecule has 1 atom stereocenters. The van der Waals surface area contributed by atoms with Gasteiger partial charge in [0.25, 0.3) is 5.91 Å². The Morgan fingerprint density at radius 1 is 1.16 bits per heavy atom. The highest BCUT2D eigenvalue weighted by atomic mass is 16.5. The molecule has 0 aliphatic carbocycles. The van der Waals surface area contributed by atoms with Gasteiger partial charge in [-0.25, -0.2) is 14.6 Å². The summed E-state index contributed by atoms with van der Waals surface area (Å²) in [6, 6.07) is 16.4. The number of ether oxygens (including phenoxy) is 1. The molecule has 0 fully saturated rings. The number of pyridine rings is 2. The second-order valence-electron chi connectivity index (χ2n) is 7.62. The number of aromatic nitrogens is 5. The van der Waals surface area contributed by atoms with E-state index in [4.69, 9.17) is 10.5 Å². The third-order valence-corrected chi connectivity index (χ3v) is 5.14. The minimum absolute atomic E-state index is 0.250. The van der Waals surface area contributed by atoms with Crippen molar-refractivity contribution >= 4 is 28.6 Å². The van der Waals surface area contributed by atoms with Gasteiger partial charge in [-0.2, -0.15) is 0 Å². The van der Waals surface area contributed by atoms with Crippen LogP contribution in [-0.2, 0) is 10.3 Å². The van der Waals surface area contributed by atoms with E-state index in [0.29, 0.717) is 36.2 Å². The summed E-state index contributed by atoms with van der Waals surface area (Å²) in [6.45, 7) is 2.55. The van der Waals surface area contributed by atoms with E-state index in [1.807, 2.05) is 37.3 Å². The number of nitrogens with one attached hydrogen (secondary N) is 1. The van der Waals surface area contributed by atoms with Crippen molar-refractivity contribution in [3.05, 3.63) is 72.2 Å². The Hall–Kier alpha value is -4.18. The van der Waals surface area contributed by atoms with Gasteiger partial charge in [0.15, 0.2) is 0 Å². The van der Waals surface area contributed by atoms with E-state index >= 15 is 0 Å². The molecule has 4 heterocycles. The minimum atomic E-state index is -0.705. The molecule has 1 aliphatic rings. The standard InChI is InChI=1S/C22H20N8O2/c1-22(13-32-12-19(23)27-22)18-7-4-8-20(25-18)26-21(31)16-10-9-14(11-24-16)30-17-6-3-2-5-15(17)28-29-30/h2-11H,12-13H2,1H3,(H2,23,27)(H,25,26,31)/t22-/m0/s1. The van der Waals surface area contributed by atoms with Gasteiger partial charge < -0.3 is 15.8 Å². The third-order valence-electron chi connectivity index (χ3n) is 5.14. The second-order valence-corrected chi connectivity index (χ2v) is 7.62. The number of nitrogens with two attached hydrogens (primary N) is 1. The number of amidine groups is 1. The highest BCUT2D eigenvalue weighted by Gasteiger charge is 2.31. The fraction of sp³-hybridized carbons (Fsp3) is 0.182. The number of carbonyl (C=O) groups is 1. The highest BCUT2D eigenvalue weighted by Crippen LogP contribution is 2.27. The number of rotatable bonds is 4. The lowest BCUT2D eigenvalue weighted by atomic mass is 9.98. The van der Waals surface area contributed by atoms with Crippen LogP contribution in [0.4, 0.5) is 5.82 Å². The molecule has 160 valence electrons. The van der Waals surface area contributed by atoms with Crippen LogP contribution in [0.5, 0.6) is 0 Å². The van der Waals surface area contributed by atoms with E-state index in [0.717, 1.165) is 11.0 Å². The number of aliphatic imine (C=N–C) groups is 1. The average molecular weight is 428 g/mol. The predicted octanol–water partition coefficient (Wildman–Crippen LogP) is 2.07. The Labute approximate surface area is 183 Å². The number of hydrogen-bond donors (Lipinski definition) is 2. The summed E-state index contributed by atoms with van der Waals surface area (Å²) in [4.78, 5) is 26.0. The number of benzene rings is 1. The van der Waals surface area contributed by atoms with Gasteiger partial charge in [0.2, 0.25) is 0 Å². The zero-order chi connectivity index (χ0) is 22.1. The zero-order valence-electron chi connectivity index (χ0n) is 17.3. The number of nitrogens with zero attached hydrogens (tertiary/aromatic N) is 6. The lowest BCUT2D eigenvalue weighted by Crippen LogP contribution is -2.38. The smallest absolute Gasteiger partial charge is 0.275 e. The molecule has 0 unspecified atom stereocenters. The summed E-state index contributed by atoms with van der Waals surface area (Å²) >= 11 is 0. The Morgan fingerprint density at radius 3 is 2.84 bits per heavy atom. The Bertz CT molecular complexity index is 1330. The number of amides is 1. The van der Waals surface area contributed by atoms with Crippen molar-refractivity contribution in [1.29, 1.82) is 0 Å². The van der Waals surface area contributed by atoms with Crippen molar-refractivity contribution in [2.45, 2.75) is 12.5 Å². The van der Waals surface area contributed by atoms with Crippen molar-refractivity contribution in [3.63, 3.8) is 0 Å². The number of anilines is 1. The van der Waals surface area contributed by atoms with Crippen LogP contribution in [0.3, 0.4) is 0 Å². The van der Waals surface area contributed by atoms with Gasteiger partial charge >= 0.3 is 0 Å². The number of hydrogen-bond acceptors (Lipinski definition) is 8. The third kappa shape index (κ3) is 3.67. The SMILES string of the molecule is C[C@@]1(c2cccc(NC(=O)c3ccc(-n4nnc5ccccc54)cn3)n2)COCC(N)=N1. The fourth-order valence-corrected chi connectivity index (χ4v) is 3.56. The van der Waals surface area contributed by atoms with Crippen LogP contribution in [0.25, 0.3) is 16.7 Å². The van der Waals surface area contributed by atoms with Gasteiger partial charge in [-0.15, -0.1) is 5.10 Å². The van der Waals surface area contributed by atoms with E-state index in [-0.39, 0.29) is 11.6 Å². The van der Waals surface area contributed by atoms with Crippen LogP contribution < -0.4 is 11.1 Å². The molecule has 0 bridgehead atoms. The van der Waals surface area contributed by atoms with Gasteiger partial charge in [-0.3, -0.25) is 9.79 Å². The largest absolute Gasteiger partial charge is 0.386 e. The molecule has 4 aromatic rings. The van der Waals surface area contributed by atoms with E-state index in [9.17, 15) is 4.79 Å². The fourth-order valence-electron chi connectivity index (χ4n) is 3.56. The van der Waals surface area contributed by atoms with Crippen LogP contribution in [0, 0.1) is 0 Å². The van der Waals surface area contributed by atoms with E-state index in [1.54, 1.807) is 35.1 Å². The minimum Gasteiger partial charge on any atom is -0.386 e. The Morgan fingerprint density at radius 2 is 2.03 bits per heavy atom. The van der Waals surface area contributed by atoms with Gasteiger partial charge in [0, 0.05) is 0 Å². The first kappa shape index (κ1) is 19.8. The molecule has 10 heteroatoms. The zero-order valence-corrected chi connectivity index (χ0v) is 17.3. The van der Waals surface area contributed by atoms with Crippen LogP contribution >= 0.6 is 0 Å². The highest BCUT2D eigenvalue weighted by molar-refractivity contribution is 6.02.